The molecule has 7 heteroatoms. The highest BCUT2D eigenvalue weighted by Gasteiger charge is 2.23. The number of ketones is 1. The van der Waals surface area contributed by atoms with Crippen LogP contribution < -0.4 is 16.4 Å². The lowest BCUT2D eigenvalue weighted by atomic mass is 9.96. The number of aryl methyl sites for hydroxylation is 2. The Morgan fingerprint density at radius 2 is 1.85 bits per heavy atom. The maximum atomic E-state index is 13.4. The number of nitrogen functional groups attached to an aromatic ring is 1. The lowest BCUT2D eigenvalue weighted by molar-refractivity contribution is 0.0954. The Balaban J connectivity index is 1.34. The summed E-state index contributed by atoms with van der Waals surface area (Å²) in [5.41, 5.74) is 13.1. The van der Waals surface area contributed by atoms with Crippen LogP contribution in [0.3, 0.4) is 0 Å². The third-order valence-electron chi connectivity index (χ3n) is 6.10. The lowest BCUT2D eigenvalue weighted by Gasteiger charge is -2.12. The summed E-state index contributed by atoms with van der Waals surface area (Å²) in [6, 6.07) is 18.7. The van der Waals surface area contributed by atoms with Gasteiger partial charge in [0, 0.05) is 47.2 Å². The number of aromatic nitrogens is 2. The number of para-hydroxylation sites is 2. The van der Waals surface area contributed by atoms with E-state index in [1.165, 1.54) is 0 Å². The van der Waals surface area contributed by atoms with Gasteiger partial charge in [-0.25, -0.2) is 4.98 Å². The number of nitrogens with zero attached hydrogens (tertiary/aromatic N) is 1. The van der Waals surface area contributed by atoms with E-state index in [9.17, 15) is 9.59 Å². The van der Waals surface area contributed by atoms with Crippen LogP contribution in [0.25, 0.3) is 0 Å². The predicted octanol–water partition coefficient (Wildman–Crippen LogP) is 4.04. The molecule has 0 bridgehead atoms. The van der Waals surface area contributed by atoms with E-state index >= 15 is 0 Å². The molecule has 0 atom stereocenters. The molecule has 0 saturated carbocycles. The number of hydrogen-bond donors (Lipinski definition) is 4. The van der Waals surface area contributed by atoms with Crippen molar-refractivity contribution in [2.75, 3.05) is 17.6 Å². The number of aromatic amines is 1. The highest BCUT2D eigenvalue weighted by molar-refractivity contribution is 6.12. The van der Waals surface area contributed by atoms with E-state index < -0.39 is 0 Å². The summed E-state index contributed by atoms with van der Waals surface area (Å²) in [4.78, 5) is 33.1. The maximum absolute atomic E-state index is 13.4. The van der Waals surface area contributed by atoms with Crippen LogP contribution in [0.15, 0.2) is 73.2 Å². The second kappa shape index (κ2) is 9.23. The molecule has 170 valence electrons. The van der Waals surface area contributed by atoms with E-state index in [0.29, 0.717) is 35.3 Å². The normalized spacial score (nSPS) is 12.4. The molecule has 5 N–H and O–H groups in total. The first-order valence-corrected chi connectivity index (χ1v) is 11.3. The first-order chi connectivity index (χ1) is 16.6. The maximum Gasteiger partial charge on any atom is 0.251 e. The molecule has 0 aliphatic heterocycles. The van der Waals surface area contributed by atoms with Crippen LogP contribution >= 0.6 is 0 Å². The van der Waals surface area contributed by atoms with Gasteiger partial charge in [0.2, 0.25) is 0 Å². The van der Waals surface area contributed by atoms with E-state index in [1.54, 1.807) is 24.7 Å². The van der Waals surface area contributed by atoms with Gasteiger partial charge in [-0.2, -0.15) is 0 Å². The molecule has 7 nitrogen and oxygen atoms in total. The number of rotatable bonds is 6. The molecule has 34 heavy (non-hydrogen) atoms. The van der Waals surface area contributed by atoms with Gasteiger partial charge in [-0.05, 0) is 66.4 Å². The Kier molecular flexibility index (Phi) is 5.82. The van der Waals surface area contributed by atoms with Gasteiger partial charge in [-0.1, -0.05) is 18.2 Å². The highest BCUT2D eigenvalue weighted by atomic mass is 16.1. The van der Waals surface area contributed by atoms with Crippen molar-refractivity contribution in [2.45, 2.75) is 19.3 Å². The van der Waals surface area contributed by atoms with Crippen LogP contribution in [0.5, 0.6) is 0 Å². The Hall–Kier alpha value is -4.39. The molecule has 0 fully saturated rings. The Morgan fingerprint density at radius 1 is 1.00 bits per heavy atom. The van der Waals surface area contributed by atoms with Crippen molar-refractivity contribution in [3.63, 3.8) is 0 Å². The molecule has 0 radical (unpaired) electrons. The Labute approximate surface area is 197 Å². The standard InChI is InChI=1S/C27H25N5O2/c28-24-3-1-2-4-25(24)32-20-9-10-22-18(13-20)7-5-17-6-8-19(14-23(17)26(22)33)27(34)30-12-11-21-15-29-16-31-21/h1-4,6,8-10,13-16,32H,5,7,11-12,28H2,(H,29,31)(H,30,34). The zero-order valence-electron chi connectivity index (χ0n) is 18.6. The van der Waals surface area contributed by atoms with Crippen molar-refractivity contribution in [3.8, 4) is 0 Å². The van der Waals surface area contributed by atoms with Crippen molar-refractivity contribution in [3.05, 3.63) is 107 Å². The largest absolute Gasteiger partial charge is 0.397 e. The molecule has 5 rings (SSSR count). The van der Waals surface area contributed by atoms with Crippen molar-refractivity contribution in [1.82, 2.24) is 15.3 Å². The number of carbonyl (C=O) groups is 2. The minimum atomic E-state index is -0.195. The number of imidazole rings is 1. The number of fused-ring (bicyclic) bond motifs is 2. The summed E-state index contributed by atoms with van der Waals surface area (Å²) in [6.07, 6.45) is 5.48. The summed E-state index contributed by atoms with van der Waals surface area (Å²) in [7, 11) is 0. The molecule has 0 saturated heterocycles. The molecular weight excluding hydrogens is 426 g/mol. The quantitative estimate of drug-likeness (QED) is 0.331. The van der Waals surface area contributed by atoms with Gasteiger partial charge in [0.25, 0.3) is 5.91 Å². The number of hydrogen-bond acceptors (Lipinski definition) is 5. The average Bonchev–Trinajstić information content (AvgIpc) is 3.33. The van der Waals surface area contributed by atoms with Crippen molar-refractivity contribution in [2.24, 2.45) is 0 Å². The molecule has 4 aromatic rings. The van der Waals surface area contributed by atoms with E-state index in [-0.39, 0.29) is 11.7 Å². The molecular formula is C27H25N5O2. The molecule has 1 aliphatic rings. The van der Waals surface area contributed by atoms with E-state index in [2.05, 4.69) is 20.6 Å². The fourth-order valence-electron chi connectivity index (χ4n) is 4.26. The van der Waals surface area contributed by atoms with Crippen molar-refractivity contribution in [1.29, 1.82) is 0 Å². The SMILES string of the molecule is Nc1ccccc1Nc1ccc2c(c1)CCc1ccc(C(=O)NCCc3cnc[nH]3)cc1C2=O. The minimum absolute atomic E-state index is 0.0552. The average molecular weight is 452 g/mol. The van der Waals surface area contributed by atoms with Crippen molar-refractivity contribution >= 4 is 28.8 Å². The predicted molar refractivity (Wildman–Crippen MR) is 132 cm³/mol. The van der Waals surface area contributed by atoms with Gasteiger partial charge in [0.15, 0.2) is 5.78 Å². The first kappa shape index (κ1) is 21.5. The van der Waals surface area contributed by atoms with Crippen LogP contribution in [0.1, 0.15) is 43.1 Å². The summed E-state index contributed by atoms with van der Waals surface area (Å²) in [5.74, 6) is -0.250. The summed E-state index contributed by atoms with van der Waals surface area (Å²) >= 11 is 0. The fraction of sp³-hybridized carbons (Fsp3) is 0.148. The smallest absolute Gasteiger partial charge is 0.251 e. The zero-order chi connectivity index (χ0) is 23.5. The van der Waals surface area contributed by atoms with Crippen LogP contribution in [0.2, 0.25) is 0 Å². The third kappa shape index (κ3) is 4.41. The first-order valence-electron chi connectivity index (χ1n) is 11.3. The van der Waals surface area contributed by atoms with Crippen LogP contribution in [-0.4, -0.2) is 28.2 Å². The Bertz CT molecular complexity index is 1360. The van der Waals surface area contributed by atoms with Crippen LogP contribution in [0.4, 0.5) is 17.1 Å². The van der Waals surface area contributed by atoms with Gasteiger partial charge < -0.3 is 21.4 Å². The topological polar surface area (TPSA) is 113 Å². The molecule has 3 aromatic carbocycles. The molecule has 1 aromatic heterocycles. The number of anilines is 3. The number of H-pyrrole nitrogens is 1. The van der Waals surface area contributed by atoms with Gasteiger partial charge in [0.1, 0.15) is 0 Å². The number of nitrogens with one attached hydrogen (secondary N) is 3. The number of nitrogens with two attached hydrogens (primary N) is 1. The molecule has 0 unspecified atom stereocenters. The number of amides is 1. The van der Waals surface area contributed by atoms with Gasteiger partial charge in [-0.3, -0.25) is 9.59 Å². The number of carbonyl (C=O) groups excluding carboxylic acids is 2. The second-order valence-electron chi connectivity index (χ2n) is 8.37. The monoisotopic (exact) mass is 451 g/mol. The fourth-order valence-corrected chi connectivity index (χ4v) is 4.26. The van der Waals surface area contributed by atoms with Crippen molar-refractivity contribution < 1.29 is 9.59 Å². The van der Waals surface area contributed by atoms with E-state index in [0.717, 1.165) is 41.0 Å². The molecule has 1 aliphatic carbocycles. The van der Waals surface area contributed by atoms with Gasteiger partial charge in [-0.15, -0.1) is 0 Å². The molecule has 1 amide bonds. The summed E-state index contributed by atoms with van der Waals surface area (Å²) < 4.78 is 0. The Morgan fingerprint density at radius 3 is 2.68 bits per heavy atom. The molecule has 1 heterocycles. The minimum Gasteiger partial charge on any atom is -0.397 e. The summed E-state index contributed by atoms with van der Waals surface area (Å²) in [6.45, 7) is 0.483. The van der Waals surface area contributed by atoms with Crippen LogP contribution in [-0.2, 0) is 19.3 Å². The van der Waals surface area contributed by atoms with Crippen LogP contribution in [0, 0.1) is 0 Å². The lowest BCUT2D eigenvalue weighted by Crippen LogP contribution is -2.26. The third-order valence-corrected chi connectivity index (χ3v) is 6.10. The summed E-state index contributed by atoms with van der Waals surface area (Å²) in [5, 5.41) is 6.25. The number of benzene rings is 3. The van der Waals surface area contributed by atoms with E-state index in [1.807, 2.05) is 48.5 Å². The zero-order valence-corrected chi connectivity index (χ0v) is 18.6. The van der Waals surface area contributed by atoms with Gasteiger partial charge in [0.05, 0.1) is 17.7 Å². The van der Waals surface area contributed by atoms with Gasteiger partial charge >= 0.3 is 0 Å². The highest BCUT2D eigenvalue weighted by Crippen LogP contribution is 2.29. The van der Waals surface area contributed by atoms with E-state index in [4.69, 9.17) is 5.73 Å². The molecule has 0 spiro atoms. The second-order valence-corrected chi connectivity index (χ2v) is 8.37.